The molecule has 148 valence electrons. The van der Waals surface area contributed by atoms with Crippen molar-refractivity contribution < 1.29 is 27.8 Å². The van der Waals surface area contributed by atoms with Crippen LogP contribution in [-0.4, -0.2) is 11.1 Å². The minimum absolute atomic E-state index is 0.0769. The number of hydrogen-bond acceptors (Lipinski definition) is 3. The normalized spacial score (nSPS) is 12.4. The van der Waals surface area contributed by atoms with Gasteiger partial charge in [0, 0.05) is 0 Å². The second-order valence-electron chi connectivity index (χ2n) is 6.53. The van der Waals surface area contributed by atoms with Crippen LogP contribution in [0.15, 0.2) is 54.6 Å². The van der Waals surface area contributed by atoms with E-state index < -0.39 is 17.7 Å². The lowest BCUT2D eigenvalue weighted by atomic mass is 10.0. The van der Waals surface area contributed by atoms with Crippen LogP contribution in [0.25, 0.3) is 0 Å². The zero-order valence-corrected chi connectivity index (χ0v) is 15.4. The molecule has 1 aliphatic heterocycles. The van der Waals surface area contributed by atoms with Crippen molar-refractivity contribution in [2.75, 3.05) is 5.32 Å². The van der Waals surface area contributed by atoms with Gasteiger partial charge in [0.05, 0.1) is 27.5 Å². The molecule has 0 amide bonds. The first-order valence-electron chi connectivity index (χ1n) is 8.52. The lowest BCUT2D eigenvalue weighted by Crippen LogP contribution is -2.09. The smallest absolute Gasteiger partial charge is 0.417 e. The van der Waals surface area contributed by atoms with E-state index in [1.165, 1.54) is 18.2 Å². The van der Waals surface area contributed by atoms with Gasteiger partial charge in [-0.05, 0) is 53.9 Å². The van der Waals surface area contributed by atoms with Gasteiger partial charge in [0.1, 0.15) is 0 Å². The van der Waals surface area contributed by atoms with Crippen molar-refractivity contribution in [1.29, 1.82) is 0 Å². The van der Waals surface area contributed by atoms with Crippen molar-refractivity contribution in [3.63, 3.8) is 0 Å². The van der Waals surface area contributed by atoms with Crippen LogP contribution in [0, 0.1) is 0 Å². The standard InChI is InChI=1S/C21H13ClF3NO3/c22-15-9-11(4-6-14(15)21(23,24)25)8-12-5-7-17-16(10-12)26-19-13(20(27)28)2-1-3-18(19)29-17/h1-7,9-10,26H,8H2,(H,27,28). The van der Waals surface area contributed by atoms with E-state index in [0.29, 0.717) is 34.9 Å². The summed E-state index contributed by atoms with van der Waals surface area (Å²) < 4.78 is 44.3. The summed E-state index contributed by atoms with van der Waals surface area (Å²) in [5.41, 5.74) is 1.54. The van der Waals surface area contributed by atoms with Gasteiger partial charge in [-0.1, -0.05) is 29.8 Å². The van der Waals surface area contributed by atoms with Gasteiger partial charge in [0.25, 0.3) is 0 Å². The van der Waals surface area contributed by atoms with E-state index in [9.17, 15) is 23.1 Å². The number of fused-ring (bicyclic) bond motifs is 2. The number of carboxylic acids is 1. The van der Waals surface area contributed by atoms with Crippen LogP contribution in [0.5, 0.6) is 11.5 Å². The number of alkyl halides is 3. The third-order valence-corrected chi connectivity index (χ3v) is 4.84. The van der Waals surface area contributed by atoms with Crippen molar-refractivity contribution in [2.45, 2.75) is 12.6 Å². The molecule has 29 heavy (non-hydrogen) atoms. The number of para-hydroxylation sites is 1. The maximum atomic E-state index is 12.9. The summed E-state index contributed by atoms with van der Waals surface area (Å²) in [6, 6.07) is 13.7. The molecule has 0 saturated carbocycles. The highest BCUT2D eigenvalue weighted by Crippen LogP contribution is 2.44. The zero-order chi connectivity index (χ0) is 20.8. The molecule has 0 fully saturated rings. The van der Waals surface area contributed by atoms with Crippen molar-refractivity contribution in [1.82, 2.24) is 0 Å². The molecule has 1 heterocycles. The topological polar surface area (TPSA) is 58.6 Å². The molecular formula is C21H13ClF3NO3. The molecule has 0 unspecified atom stereocenters. The first kappa shape index (κ1) is 19.1. The fourth-order valence-electron chi connectivity index (χ4n) is 3.18. The maximum Gasteiger partial charge on any atom is 0.417 e. The SMILES string of the molecule is O=C(O)c1cccc2c1Nc1cc(Cc3ccc(C(F)(F)F)c(Cl)c3)ccc1O2. The Morgan fingerprint density at radius 3 is 2.45 bits per heavy atom. The Hall–Kier alpha value is -3.19. The van der Waals surface area contributed by atoms with E-state index >= 15 is 0 Å². The van der Waals surface area contributed by atoms with Crippen LogP contribution in [0.2, 0.25) is 5.02 Å². The molecule has 0 aromatic heterocycles. The van der Waals surface area contributed by atoms with Gasteiger partial charge in [-0.15, -0.1) is 0 Å². The summed E-state index contributed by atoms with van der Waals surface area (Å²) in [6.07, 6.45) is -4.15. The van der Waals surface area contributed by atoms with E-state index in [-0.39, 0.29) is 10.6 Å². The van der Waals surface area contributed by atoms with Crippen LogP contribution in [0.1, 0.15) is 27.0 Å². The number of benzene rings is 3. The predicted molar refractivity (Wildman–Crippen MR) is 102 cm³/mol. The number of rotatable bonds is 3. The molecule has 0 spiro atoms. The molecule has 3 aromatic carbocycles. The number of anilines is 2. The molecule has 4 rings (SSSR count). The minimum Gasteiger partial charge on any atom is -0.478 e. The average molecular weight is 420 g/mol. The summed E-state index contributed by atoms with van der Waals surface area (Å²) in [6.45, 7) is 0. The molecule has 0 atom stereocenters. The monoisotopic (exact) mass is 419 g/mol. The van der Waals surface area contributed by atoms with Gasteiger partial charge in [-0.2, -0.15) is 13.2 Å². The molecular weight excluding hydrogens is 407 g/mol. The van der Waals surface area contributed by atoms with E-state index in [0.717, 1.165) is 11.6 Å². The van der Waals surface area contributed by atoms with Crippen LogP contribution in [-0.2, 0) is 12.6 Å². The summed E-state index contributed by atoms with van der Waals surface area (Å²) in [5, 5.41) is 12.1. The number of nitrogens with one attached hydrogen (secondary N) is 1. The van der Waals surface area contributed by atoms with Crippen LogP contribution in [0.4, 0.5) is 24.5 Å². The third-order valence-electron chi connectivity index (χ3n) is 4.53. The number of carboxylic acid groups (broad SMARTS) is 1. The number of halogens is 4. The Kier molecular flexibility index (Phi) is 4.62. The summed E-state index contributed by atoms with van der Waals surface area (Å²) in [4.78, 5) is 11.4. The molecule has 4 nitrogen and oxygen atoms in total. The lowest BCUT2D eigenvalue weighted by Gasteiger charge is -2.23. The highest BCUT2D eigenvalue weighted by atomic mass is 35.5. The average Bonchev–Trinajstić information content (AvgIpc) is 2.64. The van der Waals surface area contributed by atoms with E-state index in [1.807, 2.05) is 0 Å². The van der Waals surface area contributed by atoms with Crippen molar-refractivity contribution in [3.05, 3.63) is 81.9 Å². The first-order valence-corrected chi connectivity index (χ1v) is 8.90. The second kappa shape index (κ2) is 7.00. The largest absolute Gasteiger partial charge is 0.478 e. The fraction of sp³-hybridized carbons (Fsp3) is 0.0952. The van der Waals surface area contributed by atoms with E-state index in [1.54, 1.807) is 30.3 Å². The third kappa shape index (κ3) is 3.73. The van der Waals surface area contributed by atoms with E-state index in [2.05, 4.69) is 5.32 Å². The summed E-state index contributed by atoms with van der Waals surface area (Å²) in [7, 11) is 0. The van der Waals surface area contributed by atoms with Gasteiger partial charge >= 0.3 is 12.1 Å². The number of ether oxygens (including phenoxy) is 1. The molecule has 3 aromatic rings. The zero-order valence-electron chi connectivity index (χ0n) is 14.7. The molecule has 0 saturated heterocycles. The highest BCUT2D eigenvalue weighted by Gasteiger charge is 2.33. The van der Waals surface area contributed by atoms with Gasteiger partial charge < -0.3 is 15.2 Å². The quantitative estimate of drug-likeness (QED) is 0.398. The van der Waals surface area contributed by atoms with Gasteiger partial charge in [0.15, 0.2) is 11.5 Å². The summed E-state index contributed by atoms with van der Waals surface area (Å²) in [5.74, 6) is -0.161. The van der Waals surface area contributed by atoms with Gasteiger partial charge in [-0.25, -0.2) is 4.79 Å². The molecule has 0 radical (unpaired) electrons. The van der Waals surface area contributed by atoms with Crippen LogP contribution >= 0.6 is 11.6 Å². The molecule has 1 aliphatic rings. The van der Waals surface area contributed by atoms with E-state index in [4.69, 9.17) is 16.3 Å². The van der Waals surface area contributed by atoms with Crippen molar-refractivity contribution in [2.24, 2.45) is 0 Å². The van der Waals surface area contributed by atoms with Crippen LogP contribution in [0.3, 0.4) is 0 Å². The number of hydrogen-bond donors (Lipinski definition) is 2. The molecule has 8 heteroatoms. The Balaban J connectivity index is 1.62. The predicted octanol–water partition coefficient (Wildman–Crippen LogP) is 6.50. The van der Waals surface area contributed by atoms with Crippen LogP contribution < -0.4 is 10.1 Å². The molecule has 0 bridgehead atoms. The van der Waals surface area contributed by atoms with Crippen molar-refractivity contribution >= 4 is 28.9 Å². The Morgan fingerprint density at radius 2 is 1.76 bits per heavy atom. The lowest BCUT2D eigenvalue weighted by molar-refractivity contribution is -0.137. The Morgan fingerprint density at radius 1 is 1.03 bits per heavy atom. The van der Waals surface area contributed by atoms with Gasteiger partial charge in [0.2, 0.25) is 0 Å². The molecule has 0 aliphatic carbocycles. The number of aromatic carboxylic acids is 1. The highest BCUT2D eigenvalue weighted by molar-refractivity contribution is 6.31. The fourth-order valence-corrected chi connectivity index (χ4v) is 3.49. The summed E-state index contributed by atoms with van der Waals surface area (Å²) >= 11 is 5.79. The maximum absolute atomic E-state index is 12.9. The Bertz CT molecular complexity index is 1130. The first-order chi connectivity index (χ1) is 13.7. The van der Waals surface area contributed by atoms with Gasteiger partial charge in [-0.3, -0.25) is 0 Å². The van der Waals surface area contributed by atoms with Crippen molar-refractivity contribution in [3.8, 4) is 11.5 Å². The Labute approximate surface area is 168 Å². The second-order valence-corrected chi connectivity index (χ2v) is 6.94. The molecule has 2 N–H and O–H groups in total. The number of carbonyl (C=O) groups is 1. The minimum atomic E-state index is -4.50.